The first kappa shape index (κ1) is 30.0. The second-order valence-corrected chi connectivity index (χ2v) is 23.7. The number of ether oxygens (including phenoxy) is 2. The van der Waals surface area contributed by atoms with Crippen molar-refractivity contribution >= 4 is 26.8 Å². The van der Waals surface area contributed by atoms with Gasteiger partial charge in [0.15, 0.2) is 5.79 Å². The first-order valence-corrected chi connectivity index (χ1v) is 19.5. The van der Waals surface area contributed by atoms with Gasteiger partial charge >= 0.3 is 0 Å². The van der Waals surface area contributed by atoms with Crippen molar-refractivity contribution in [3.05, 3.63) is 72.3 Å². The zero-order valence-electron chi connectivity index (χ0n) is 25.0. The Morgan fingerprint density at radius 1 is 0.946 bits per heavy atom. The highest BCUT2D eigenvalue weighted by atomic mass is 28.4. The Hall–Kier alpha value is -1.51. The summed E-state index contributed by atoms with van der Waals surface area (Å²) in [5.74, 6) is -0.142. The van der Waals surface area contributed by atoms with Gasteiger partial charge in [0, 0.05) is 14.7 Å². The molecular weight excluding hydrogens is 489 g/mol. The van der Waals surface area contributed by atoms with E-state index in [1.54, 1.807) is 0 Å². The fourth-order valence-electron chi connectivity index (χ4n) is 5.84. The minimum absolute atomic E-state index is 0.0134. The number of benzene rings is 2. The molecule has 3 rings (SSSR count). The van der Waals surface area contributed by atoms with Gasteiger partial charge in [0.25, 0.3) is 8.32 Å². The van der Waals surface area contributed by atoms with Crippen molar-refractivity contribution in [3.8, 4) is 0 Å². The van der Waals surface area contributed by atoms with Crippen molar-refractivity contribution < 1.29 is 13.9 Å². The van der Waals surface area contributed by atoms with Gasteiger partial charge < -0.3 is 13.9 Å². The van der Waals surface area contributed by atoms with Gasteiger partial charge in [0.1, 0.15) is 5.60 Å². The van der Waals surface area contributed by atoms with Gasteiger partial charge in [-0.05, 0) is 54.6 Å². The summed E-state index contributed by atoms with van der Waals surface area (Å²) in [5.41, 5.74) is 1.11. The van der Waals surface area contributed by atoms with Crippen LogP contribution in [0.15, 0.2) is 72.3 Å². The molecule has 3 nitrogen and oxygen atoms in total. The van der Waals surface area contributed by atoms with Gasteiger partial charge in [0.05, 0.1) is 6.61 Å². The molecule has 0 N–H and O–H groups in total. The Labute approximate surface area is 228 Å². The van der Waals surface area contributed by atoms with Crippen LogP contribution in [0.3, 0.4) is 0 Å². The Kier molecular flexibility index (Phi) is 9.18. The van der Waals surface area contributed by atoms with Crippen molar-refractivity contribution in [1.29, 1.82) is 0 Å². The molecule has 0 aromatic heterocycles. The van der Waals surface area contributed by atoms with Crippen LogP contribution in [0.2, 0.25) is 30.7 Å². The maximum absolute atomic E-state index is 7.25. The van der Waals surface area contributed by atoms with Crippen molar-refractivity contribution in [1.82, 2.24) is 0 Å². The predicted molar refractivity (Wildman–Crippen MR) is 163 cm³/mol. The minimum Gasteiger partial charge on any atom is -0.407 e. The fraction of sp³-hybridized carbons (Fsp3) is 0.562. The summed E-state index contributed by atoms with van der Waals surface area (Å²) in [6.45, 7) is 24.2. The van der Waals surface area contributed by atoms with Gasteiger partial charge in [-0.25, -0.2) is 0 Å². The monoisotopic (exact) mass is 538 g/mol. The normalized spacial score (nSPS) is 21.7. The van der Waals surface area contributed by atoms with E-state index in [0.717, 1.165) is 19.1 Å². The number of hydrogen-bond acceptors (Lipinski definition) is 3. The molecule has 5 heteroatoms. The highest BCUT2D eigenvalue weighted by molar-refractivity contribution is 6.99. The number of rotatable bonds is 10. The molecule has 2 aromatic rings. The predicted octanol–water partition coefficient (Wildman–Crippen LogP) is 7.40. The SMILES string of the molecule is C[C@@H](CO[Si](c1ccccc1)(c1ccccc1)C(C)(C)C)C/C(=C/[C@]1(C)COC(C)(C)O1)C[Si](C)(C)C. The van der Waals surface area contributed by atoms with Gasteiger partial charge in [-0.1, -0.05) is 120 Å². The molecule has 1 aliphatic rings. The van der Waals surface area contributed by atoms with Gasteiger partial charge in [-0.15, -0.1) is 0 Å². The van der Waals surface area contributed by atoms with Gasteiger partial charge in [0.2, 0.25) is 0 Å². The highest BCUT2D eigenvalue weighted by Gasteiger charge is 2.50. The third-order valence-corrected chi connectivity index (χ3v) is 13.6. The van der Waals surface area contributed by atoms with Crippen molar-refractivity contribution in [3.63, 3.8) is 0 Å². The van der Waals surface area contributed by atoms with Crippen molar-refractivity contribution in [2.24, 2.45) is 5.92 Å². The first-order valence-electron chi connectivity index (χ1n) is 13.9. The van der Waals surface area contributed by atoms with E-state index in [0.29, 0.717) is 12.5 Å². The third-order valence-electron chi connectivity index (χ3n) is 7.06. The molecule has 2 atom stereocenters. The molecule has 0 radical (unpaired) electrons. The molecule has 0 aliphatic carbocycles. The van der Waals surface area contributed by atoms with Crippen LogP contribution in [0.25, 0.3) is 0 Å². The summed E-state index contributed by atoms with van der Waals surface area (Å²) in [6, 6.07) is 23.0. The second-order valence-electron chi connectivity index (χ2n) is 13.9. The van der Waals surface area contributed by atoms with Crippen LogP contribution in [0.5, 0.6) is 0 Å². The van der Waals surface area contributed by atoms with E-state index in [4.69, 9.17) is 13.9 Å². The summed E-state index contributed by atoms with van der Waals surface area (Å²) in [7, 11) is -3.85. The molecule has 1 heterocycles. The molecule has 2 aromatic carbocycles. The third kappa shape index (κ3) is 7.76. The molecule has 0 unspecified atom stereocenters. The molecule has 0 amide bonds. The second kappa shape index (κ2) is 11.3. The summed E-state index contributed by atoms with van der Waals surface area (Å²) < 4.78 is 19.5. The molecule has 1 aliphatic heterocycles. The quantitative estimate of drug-likeness (QED) is 0.233. The van der Waals surface area contributed by atoms with Crippen LogP contribution in [0.1, 0.15) is 54.9 Å². The van der Waals surface area contributed by atoms with Crippen LogP contribution < -0.4 is 10.4 Å². The molecule has 1 saturated heterocycles. The lowest BCUT2D eigenvalue weighted by Crippen LogP contribution is -2.66. The fourth-order valence-corrected chi connectivity index (χ4v) is 12.1. The zero-order valence-corrected chi connectivity index (χ0v) is 27.0. The molecule has 0 saturated carbocycles. The van der Waals surface area contributed by atoms with E-state index in [1.807, 2.05) is 13.8 Å². The molecule has 0 spiro atoms. The maximum atomic E-state index is 7.25. The number of allylic oxidation sites excluding steroid dienone is 1. The van der Waals surface area contributed by atoms with Crippen LogP contribution >= 0.6 is 0 Å². The van der Waals surface area contributed by atoms with E-state index in [2.05, 4.69) is 121 Å². The summed E-state index contributed by atoms with van der Waals surface area (Å²) in [6.07, 6.45) is 3.39. The topological polar surface area (TPSA) is 27.7 Å². The molecule has 1 fully saturated rings. The van der Waals surface area contributed by atoms with E-state index < -0.39 is 22.2 Å². The maximum Gasteiger partial charge on any atom is 0.261 e. The van der Waals surface area contributed by atoms with E-state index in [9.17, 15) is 0 Å². The average molecular weight is 539 g/mol. The Morgan fingerprint density at radius 3 is 1.86 bits per heavy atom. The average Bonchev–Trinajstić information content (AvgIpc) is 3.05. The van der Waals surface area contributed by atoms with Crippen molar-refractivity contribution in [2.45, 2.75) is 97.0 Å². The van der Waals surface area contributed by atoms with Gasteiger partial charge in [-0.2, -0.15) is 0 Å². The lowest BCUT2D eigenvalue weighted by atomic mass is 9.97. The molecule has 37 heavy (non-hydrogen) atoms. The summed E-state index contributed by atoms with van der Waals surface area (Å²) >= 11 is 0. The standard InChI is InChI=1S/C32H50O3Si2/c1-26(21-27(24-36(8,9)10)22-32(7)25-33-31(5,6)35-32)23-34-37(30(2,3)4,28-17-13-11-14-18-28)29-19-15-12-16-20-29/h11-20,22,26H,21,23-25H2,1-10H3/b27-22-/t26-,32-/m1/s1. The van der Waals surface area contributed by atoms with Crippen LogP contribution in [0.4, 0.5) is 0 Å². The Balaban J connectivity index is 1.90. The van der Waals surface area contributed by atoms with Crippen LogP contribution in [-0.4, -0.2) is 41.0 Å². The highest BCUT2D eigenvalue weighted by Crippen LogP contribution is 2.38. The minimum atomic E-state index is -2.54. The smallest absolute Gasteiger partial charge is 0.261 e. The summed E-state index contributed by atoms with van der Waals surface area (Å²) in [5, 5.41) is 2.66. The lowest BCUT2D eigenvalue weighted by molar-refractivity contribution is -0.148. The largest absolute Gasteiger partial charge is 0.407 e. The van der Waals surface area contributed by atoms with E-state index in [1.165, 1.54) is 15.9 Å². The molecule has 204 valence electrons. The van der Waals surface area contributed by atoms with Crippen LogP contribution in [-0.2, 0) is 13.9 Å². The molecular formula is C32H50O3Si2. The van der Waals surface area contributed by atoms with Crippen molar-refractivity contribution in [2.75, 3.05) is 13.2 Å². The molecule has 0 bridgehead atoms. The van der Waals surface area contributed by atoms with E-state index >= 15 is 0 Å². The van der Waals surface area contributed by atoms with Gasteiger partial charge in [-0.3, -0.25) is 0 Å². The Bertz CT molecular complexity index is 996. The summed E-state index contributed by atoms with van der Waals surface area (Å²) in [4.78, 5) is 0. The Morgan fingerprint density at radius 2 is 1.46 bits per heavy atom. The van der Waals surface area contributed by atoms with E-state index in [-0.39, 0.29) is 10.6 Å². The zero-order chi connectivity index (χ0) is 27.5. The first-order chi connectivity index (χ1) is 17.1. The number of hydrogen-bond donors (Lipinski definition) is 0. The van der Waals surface area contributed by atoms with Crippen LogP contribution in [0, 0.1) is 5.92 Å². The lowest BCUT2D eigenvalue weighted by Gasteiger charge is -2.43.